The maximum Gasteiger partial charge on any atom is 0.416 e. The smallest absolute Gasteiger partial charge is 0.416 e. The minimum Gasteiger partial charge on any atom is -0.497 e. The summed E-state index contributed by atoms with van der Waals surface area (Å²) >= 11 is 0.957. The molecule has 1 saturated heterocycles. The van der Waals surface area contributed by atoms with Crippen molar-refractivity contribution in [1.82, 2.24) is 4.90 Å². The van der Waals surface area contributed by atoms with Gasteiger partial charge < -0.3 is 15.2 Å². The number of anilines is 1. The molecule has 1 aliphatic heterocycles. The zero-order valence-corrected chi connectivity index (χ0v) is 21.3. The number of hydrogen-bond acceptors (Lipinski definition) is 6. The van der Waals surface area contributed by atoms with Gasteiger partial charge in [0.15, 0.2) is 5.17 Å². The van der Waals surface area contributed by atoms with Crippen molar-refractivity contribution < 1.29 is 37.4 Å². The van der Waals surface area contributed by atoms with E-state index in [2.05, 4.69) is 10.3 Å². The molecule has 1 unspecified atom stereocenters. The summed E-state index contributed by atoms with van der Waals surface area (Å²) in [6.07, 6.45) is -4.76. The molecular formula is C27H22F3N3O5S. The maximum atomic E-state index is 13.3. The highest BCUT2D eigenvalue weighted by Crippen LogP contribution is 2.34. The summed E-state index contributed by atoms with van der Waals surface area (Å²) in [5.74, 6) is -1.47. The Morgan fingerprint density at radius 2 is 1.79 bits per heavy atom. The summed E-state index contributed by atoms with van der Waals surface area (Å²) < 4.78 is 44.9. The molecule has 1 atom stereocenters. The second kappa shape index (κ2) is 11.6. The fourth-order valence-electron chi connectivity index (χ4n) is 3.69. The van der Waals surface area contributed by atoms with Crippen molar-refractivity contribution in [3.05, 3.63) is 89.5 Å². The SMILES string of the molecule is COc1ccc(CN2C(=O)CC(C(=O)Nc3ccc(C(=O)O)cc3)SC2=Nc2cccc(C(F)(F)F)c2)cc1. The Balaban J connectivity index is 1.61. The van der Waals surface area contributed by atoms with Gasteiger partial charge in [-0.2, -0.15) is 13.2 Å². The summed E-state index contributed by atoms with van der Waals surface area (Å²) in [7, 11) is 1.52. The van der Waals surface area contributed by atoms with E-state index in [0.717, 1.165) is 29.5 Å². The topological polar surface area (TPSA) is 108 Å². The highest BCUT2D eigenvalue weighted by atomic mass is 32.2. The second-order valence-corrected chi connectivity index (χ2v) is 9.62. The summed E-state index contributed by atoms with van der Waals surface area (Å²) in [6.45, 7) is 0.0820. The maximum absolute atomic E-state index is 13.3. The highest BCUT2D eigenvalue weighted by molar-refractivity contribution is 8.15. The molecule has 2 N–H and O–H groups in total. The van der Waals surface area contributed by atoms with Crippen molar-refractivity contribution in [3.63, 3.8) is 0 Å². The first-order chi connectivity index (χ1) is 18.5. The van der Waals surface area contributed by atoms with Gasteiger partial charge in [-0.05, 0) is 60.2 Å². The van der Waals surface area contributed by atoms with E-state index >= 15 is 0 Å². The third kappa shape index (κ3) is 6.96. The Morgan fingerprint density at radius 3 is 2.41 bits per heavy atom. The predicted octanol–water partition coefficient (Wildman–Crippen LogP) is 5.57. The van der Waals surface area contributed by atoms with Crippen LogP contribution in [0.2, 0.25) is 0 Å². The lowest BCUT2D eigenvalue weighted by atomic mass is 10.1. The number of nitrogens with zero attached hydrogens (tertiary/aromatic N) is 2. The van der Waals surface area contributed by atoms with Gasteiger partial charge in [-0.1, -0.05) is 30.0 Å². The average molecular weight is 558 g/mol. The van der Waals surface area contributed by atoms with Crippen molar-refractivity contribution in [3.8, 4) is 5.75 Å². The number of carboxylic acid groups (broad SMARTS) is 1. The molecule has 12 heteroatoms. The van der Waals surface area contributed by atoms with Crippen LogP contribution < -0.4 is 10.1 Å². The number of amides is 2. The van der Waals surface area contributed by atoms with Crippen molar-refractivity contribution in [2.24, 2.45) is 4.99 Å². The van der Waals surface area contributed by atoms with Gasteiger partial charge >= 0.3 is 12.1 Å². The minimum atomic E-state index is -4.58. The quantitative estimate of drug-likeness (QED) is 0.393. The van der Waals surface area contributed by atoms with Gasteiger partial charge in [-0.25, -0.2) is 9.79 Å². The van der Waals surface area contributed by atoms with Gasteiger partial charge in [0, 0.05) is 12.1 Å². The average Bonchev–Trinajstić information content (AvgIpc) is 2.90. The lowest BCUT2D eigenvalue weighted by Gasteiger charge is -2.32. The van der Waals surface area contributed by atoms with Crippen LogP contribution in [0, 0.1) is 0 Å². The standard InChI is InChI=1S/C27H22F3N3O5S/c1-38-21-11-5-16(6-12-21)15-33-23(34)14-22(24(35)31-19-9-7-17(8-10-19)25(36)37)39-26(33)32-20-4-2-3-18(13-20)27(28,29)30/h2-13,22H,14-15H2,1H3,(H,31,35)(H,36,37). The van der Waals surface area contributed by atoms with Crippen molar-refractivity contribution in [2.75, 3.05) is 12.4 Å². The number of amidine groups is 1. The number of carbonyl (C=O) groups is 3. The number of hydrogen-bond donors (Lipinski definition) is 2. The van der Waals surface area contributed by atoms with E-state index in [1.165, 1.54) is 48.4 Å². The molecule has 0 aromatic heterocycles. The largest absolute Gasteiger partial charge is 0.497 e. The molecule has 1 aliphatic rings. The molecule has 1 heterocycles. The molecule has 202 valence electrons. The van der Waals surface area contributed by atoms with Crippen molar-refractivity contribution >= 4 is 46.1 Å². The lowest BCUT2D eigenvalue weighted by Crippen LogP contribution is -2.44. The number of rotatable bonds is 7. The molecule has 39 heavy (non-hydrogen) atoms. The zero-order valence-electron chi connectivity index (χ0n) is 20.4. The van der Waals surface area contributed by atoms with E-state index < -0.39 is 34.8 Å². The Hall–Kier alpha value is -4.32. The molecule has 3 aromatic carbocycles. The van der Waals surface area contributed by atoms with Gasteiger partial charge in [0.2, 0.25) is 11.8 Å². The normalized spacial score (nSPS) is 16.7. The van der Waals surface area contributed by atoms with E-state index in [9.17, 15) is 27.6 Å². The first-order valence-electron chi connectivity index (χ1n) is 11.5. The van der Waals surface area contributed by atoms with Gasteiger partial charge in [-0.15, -0.1) is 0 Å². The van der Waals surface area contributed by atoms with Gasteiger partial charge in [0.25, 0.3) is 0 Å². The van der Waals surface area contributed by atoms with Crippen LogP contribution >= 0.6 is 11.8 Å². The summed E-state index contributed by atoms with van der Waals surface area (Å²) in [6, 6.07) is 16.8. The van der Waals surface area contributed by atoms with E-state index in [0.29, 0.717) is 11.4 Å². The Kier molecular flexibility index (Phi) is 8.24. The second-order valence-electron chi connectivity index (χ2n) is 8.45. The van der Waals surface area contributed by atoms with Gasteiger partial charge in [0.1, 0.15) is 11.0 Å². The van der Waals surface area contributed by atoms with Crippen LogP contribution in [-0.2, 0) is 22.3 Å². The highest BCUT2D eigenvalue weighted by Gasteiger charge is 2.36. The number of halogens is 3. The molecule has 2 amide bonds. The summed E-state index contributed by atoms with van der Waals surface area (Å²) in [4.78, 5) is 43.0. The third-order valence-electron chi connectivity index (χ3n) is 5.73. The number of thioether (sulfide) groups is 1. The molecule has 8 nitrogen and oxygen atoms in total. The molecule has 1 fully saturated rings. The molecule has 0 radical (unpaired) electrons. The van der Waals surface area contributed by atoms with E-state index in [1.807, 2.05) is 0 Å². The van der Waals surface area contributed by atoms with Crippen molar-refractivity contribution in [1.29, 1.82) is 0 Å². The monoisotopic (exact) mass is 557 g/mol. The van der Waals surface area contributed by atoms with E-state index in [4.69, 9.17) is 9.84 Å². The minimum absolute atomic E-state index is 0.0230. The Labute approximate surface area is 225 Å². The molecule has 3 aromatic rings. The molecule has 0 bridgehead atoms. The van der Waals surface area contributed by atoms with Crippen LogP contribution in [0.15, 0.2) is 77.8 Å². The molecule has 0 spiro atoms. The van der Waals surface area contributed by atoms with Gasteiger partial charge in [-0.3, -0.25) is 14.5 Å². The van der Waals surface area contributed by atoms with Crippen LogP contribution in [0.3, 0.4) is 0 Å². The predicted molar refractivity (Wildman–Crippen MR) is 140 cm³/mol. The molecular weight excluding hydrogens is 535 g/mol. The number of aromatic carboxylic acids is 1. The fraction of sp³-hybridized carbons (Fsp3) is 0.185. The molecule has 0 saturated carbocycles. The van der Waals surface area contributed by atoms with Crippen LogP contribution in [0.1, 0.15) is 27.9 Å². The number of carboxylic acids is 1. The van der Waals surface area contributed by atoms with Crippen LogP contribution in [-0.4, -0.2) is 45.3 Å². The number of carbonyl (C=O) groups excluding carboxylic acids is 2. The molecule has 4 rings (SSSR count). The first kappa shape index (κ1) is 27.7. The Bertz CT molecular complexity index is 1410. The van der Waals surface area contributed by atoms with E-state index in [-0.39, 0.29) is 29.4 Å². The summed E-state index contributed by atoms with van der Waals surface area (Å²) in [5, 5.41) is 10.8. The summed E-state index contributed by atoms with van der Waals surface area (Å²) in [5.41, 5.74) is 0.181. The van der Waals surface area contributed by atoms with Gasteiger partial charge in [0.05, 0.1) is 30.5 Å². The number of ether oxygens (including phenoxy) is 1. The van der Waals surface area contributed by atoms with Crippen LogP contribution in [0.4, 0.5) is 24.5 Å². The third-order valence-corrected chi connectivity index (χ3v) is 6.92. The number of benzene rings is 3. The number of nitrogens with one attached hydrogen (secondary N) is 1. The molecule has 0 aliphatic carbocycles. The fourth-order valence-corrected chi connectivity index (χ4v) is 4.79. The van der Waals surface area contributed by atoms with Crippen LogP contribution in [0.5, 0.6) is 5.75 Å². The number of aliphatic imine (C=N–C) groups is 1. The zero-order chi connectivity index (χ0) is 28.2. The van der Waals surface area contributed by atoms with Crippen molar-refractivity contribution in [2.45, 2.75) is 24.4 Å². The Morgan fingerprint density at radius 1 is 1.10 bits per heavy atom. The lowest BCUT2D eigenvalue weighted by molar-refractivity contribution is -0.137. The number of alkyl halides is 3. The van der Waals surface area contributed by atoms with Crippen LogP contribution in [0.25, 0.3) is 0 Å². The first-order valence-corrected chi connectivity index (χ1v) is 12.4. The number of methoxy groups -OCH3 is 1. The van der Waals surface area contributed by atoms with E-state index in [1.54, 1.807) is 24.3 Å².